The predicted octanol–water partition coefficient (Wildman–Crippen LogP) is 5.11. The van der Waals surface area contributed by atoms with E-state index in [1.165, 1.54) is 7.11 Å². The Hall–Kier alpha value is -1.93. The summed E-state index contributed by atoms with van der Waals surface area (Å²) in [5, 5.41) is 10.7. The van der Waals surface area contributed by atoms with Crippen LogP contribution in [0.4, 0.5) is 0 Å². The molecule has 2 unspecified atom stereocenters. The summed E-state index contributed by atoms with van der Waals surface area (Å²) >= 11 is 0. The van der Waals surface area contributed by atoms with Crippen LogP contribution in [0.25, 0.3) is 0 Å². The molecule has 8 nitrogen and oxygen atoms in total. The first-order valence-electron chi connectivity index (χ1n) is 14.1. The Bertz CT molecular complexity index is 643. The van der Waals surface area contributed by atoms with Gasteiger partial charge >= 0.3 is 17.9 Å². The molecule has 0 radical (unpaired) electrons. The zero-order valence-electron chi connectivity index (χ0n) is 24.2. The van der Waals surface area contributed by atoms with Crippen molar-refractivity contribution in [3.8, 4) is 0 Å². The number of unbranched alkanes of at least 4 members (excludes halogenated alkanes) is 7. The van der Waals surface area contributed by atoms with Gasteiger partial charge in [-0.05, 0) is 44.9 Å². The summed E-state index contributed by atoms with van der Waals surface area (Å²) in [6.45, 7) is 3.21. The quantitative estimate of drug-likeness (QED) is 0.0647. The van der Waals surface area contributed by atoms with Crippen LogP contribution in [-0.2, 0) is 28.6 Å². The summed E-state index contributed by atoms with van der Waals surface area (Å²) in [5.74, 6) is -0.825. The Morgan fingerprint density at radius 1 is 0.811 bits per heavy atom. The van der Waals surface area contributed by atoms with Crippen LogP contribution in [0, 0.1) is 0 Å². The zero-order chi connectivity index (χ0) is 27.9. The summed E-state index contributed by atoms with van der Waals surface area (Å²) in [6, 6.07) is 0. The van der Waals surface area contributed by atoms with Gasteiger partial charge in [-0.1, -0.05) is 51.2 Å². The number of allylic oxidation sites excluding steroid dienone is 1. The topological polar surface area (TPSA) is 99.1 Å². The molecular formula is C29H54NO7+. The van der Waals surface area contributed by atoms with Gasteiger partial charge in [0.25, 0.3) is 0 Å². The fraction of sp³-hybridized carbons (Fsp3) is 0.828. The molecule has 0 aromatic heterocycles. The number of quaternary nitrogens is 1. The van der Waals surface area contributed by atoms with Gasteiger partial charge in [0.2, 0.25) is 0 Å². The van der Waals surface area contributed by atoms with E-state index in [4.69, 9.17) is 9.47 Å². The van der Waals surface area contributed by atoms with E-state index in [0.717, 1.165) is 68.8 Å². The van der Waals surface area contributed by atoms with Crippen molar-refractivity contribution in [1.29, 1.82) is 0 Å². The van der Waals surface area contributed by atoms with E-state index in [-0.39, 0.29) is 30.7 Å². The Morgan fingerprint density at radius 2 is 1.46 bits per heavy atom. The Morgan fingerprint density at radius 3 is 2.14 bits per heavy atom. The number of methoxy groups -OCH3 is 1. The van der Waals surface area contributed by atoms with Gasteiger partial charge in [-0.25, -0.2) is 0 Å². The van der Waals surface area contributed by atoms with E-state index < -0.39 is 12.2 Å². The van der Waals surface area contributed by atoms with E-state index in [1.54, 1.807) is 0 Å². The average Bonchev–Trinajstić information content (AvgIpc) is 2.83. The minimum atomic E-state index is -0.740. The number of rotatable bonds is 23. The molecule has 2 atom stereocenters. The van der Waals surface area contributed by atoms with Gasteiger partial charge in [0.15, 0.2) is 0 Å². The molecule has 0 saturated heterocycles. The molecule has 0 aliphatic heterocycles. The highest BCUT2D eigenvalue weighted by molar-refractivity contribution is 5.72. The number of hydrogen-bond donors (Lipinski definition) is 1. The maximum absolute atomic E-state index is 12.4. The van der Waals surface area contributed by atoms with Crippen molar-refractivity contribution >= 4 is 17.9 Å². The molecule has 0 aromatic carbocycles. The standard InChI is InChI=1S/C29H54NO7/c1-6-7-14-19-26(37-29(34)22-17-21-28(33)36-24-23-30(2,3)4)25(31)18-15-12-10-8-9-11-13-16-20-27(32)35-5/h12,15,25-26,31H,6-11,13-14,16-24H2,1-5H3/q+1/b15-12-. The Kier molecular flexibility index (Phi) is 20.9. The van der Waals surface area contributed by atoms with E-state index in [0.29, 0.717) is 32.3 Å². The fourth-order valence-electron chi connectivity index (χ4n) is 3.70. The van der Waals surface area contributed by atoms with Crippen LogP contribution < -0.4 is 0 Å². The zero-order valence-corrected chi connectivity index (χ0v) is 24.2. The molecule has 0 saturated carbocycles. The predicted molar refractivity (Wildman–Crippen MR) is 146 cm³/mol. The maximum atomic E-state index is 12.4. The highest BCUT2D eigenvalue weighted by atomic mass is 16.6. The van der Waals surface area contributed by atoms with Crippen molar-refractivity contribution in [2.24, 2.45) is 0 Å². The SMILES string of the molecule is CCCCCC(OC(=O)CCCC(=O)OCC[N+](C)(C)C)C(O)C/C=C\CCCCCCCC(=O)OC. The highest BCUT2D eigenvalue weighted by Gasteiger charge is 2.22. The Balaban J connectivity index is 4.24. The van der Waals surface area contributed by atoms with Crippen LogP contribution in [0.3, 0.4) is 0 Å². The van der Waals surface area contributed by atoms with E-state index in [1.807, 2.05) is 27.2 Å². The summed E-state index contributed by atoms with van der Waals surface area (Å²) in [6.07, 6.45) is 14.1. The molecule has 0 rings (SSSR count). The van der Waals surface area contributed by atoms with Gasteiger partial charge < -0.3 is 23.8 Å². The van der Waals surface area contributed by atoms with Crippen molar-refractivity contribution in [2.45, 2.75) is 115 Å². The first kappa shape index (κ1) is 35.1. The minimum Gasteiger partial charge on any atom is -0.469 e. The molecule has 0 heterocycles. The van der Waals surface area contributed by atoms with Gasteiger partial charge in [-0.3, -0.25) is 14.4 Å². The lowest BCUT2D eigenvalue weighted by atomic mass is 10.0. The number of carbonyl (C=O) groups is 3. The third kappa shape index (κ3) is 23.0. The molecule has 8 heteroatoms. The molecule has 0 aliphatic rings. The lowest BCUT2D eigenvalue weighted by molar-refractivity contribution is -0.870. The number of ether oxygens (including phenoxy) is 3. The first-order valence-corrected chi connectivity index (χ1v) is 14.1. The van der Waals surface area contributed by atoms with Crippen molar-refractivity contribution in [2.75, 3.05) is 41.4 Å². The fourth-order valence-corrected chi connectivity index (χ4v) is 3.70. The smallest absolute Gasteiger partial charge is 0.306 e. The monoisotopic (exact) mass is 528 g/mol. The number of likely N-dealkylation sites (N-methyl/N-ethyl adjacent to an activating group) is 1. The van der Waals surface area contributed by atoms with Gasteiger partial charge in [0.05, 0.1) is 34.4 Å². The van der Waals surface area contributed by atoms with Crippen LogP contribution in [0.5, 0.6) is 0 Å². The summed E-state index contributed by atoms with van der Waals surface area (Å²) in [4.78, 5) is 35.3. The lowest BCUT2D eigenvalue weighted by Crippen LogP contribution is -2.38. The van der Waals surface area contributed by atoms with E-state index in [2.05, 4.69) is 17.7 Å². The molecule has 0 spiro atoms. The van der Waals surface area contributed by atoms with Crippen molar-refractivity contribution in [3.63, 3.8) is 0 Å². The van der Waals surface area contributed by atoms with Crippen LogP contribution in [-0.4, -0.2) is 81.1 Å². The van der Waals surface area contributed by atoms with Crippen molar-refractivity contribution < 1.29 is 38.2 Å². The number of esters is 3. The molecule has 0 aromatic rings. The molecular weight excluding hydrogens is 474 g/mol. The van der Waals surface area contributed by atoms with E-state index in [9.17, 15) is 19.5 Å². The van der Waals surface area contributed by atoms with Crippen LogP contribution >= 0.6 is 0 Å². The number of carbonyl (C=O) groups excluding carboxylic acids is 3. The third-order valence-electron chi connectivity index (χ3n) is 6.11. The third-order valence-corrected chi connectivity index (χ3v) is 6.11. The molecule has 0 bridgehead atoms. The second-order valence-corrected chi connectivity index (χ2v) is 10.8. The number of aliphatic hydroxyl groups excluding tert-OH is 1. The minimum absolute atomic E-state index is 0.136. The molecule has 0 fully saturated rings. The first-order chi connectivity index (χ1) is 17.6. The second kappa shape index (κ2) is 22.1. The number of hydrogen-bond acceptors (Lipinski definition) is 7. The molecule has 37 heavy (non-hydrogen) atoms. The summed E-state index contributed by atoms with van der Waals surface area (Å²) in [7, 11) is 7.51. The van der Waals surface area contributed by atoms with Gasteiger partial charge in [0.1, 0.15) is 19.3 Å². The van der Waals surface area contributed by atoms with Crippen molar-refractivity contribution in [1.82, 2.24) is 0 Å². The molecule has 216 valence electrons. The van der Waals surface area contributed by atoms with Crippen LogP contribution in [0.15, 0.2) is 12.2 Å². The van der Waals surface area contributed by atoms with Gasteiger partial charge in [-0.2, -0.15) is 0 Å². The average molecular weight is 529 g/mol. The lowest BCUT2D eigenvalue weighted by Gasteiger charge is -2.23. The normalized spacial score (nSPS) is 13.4. The van der Waals surface area contributed by atoms with Crippen LogP contribution in [0.2, 0.25) is 0 Å². The number of nitrogens with zero attached hydrogens (tertiary/aromatic N) is 1. The molecule has 0 aliphatic carbocycles. The summed E-state index contributed by atoms with van der Waals surface area (Å²) < 4.78 is 16.2. The second-order valence-electron chi connectivity index (χ2n) is 10.8. The summed E-state index contributed by atoms with van der Waals surface area (Å²) in [5.41, 5.74) is 0. The molecule has 0 amide bonds. The Labute approximate surface area is 225 Å². The largest absolute Gasteiger partial charge is 0.469 e. The number of aliphatic hydroxyl groups is 1. The van der Waals surface area contributed by atoms with Gasteiger partial charge in [0, 0.05) is 19.3 Å². The van der Waals surface area contributed by atoms with Gasteiger partial charge in [-0.15, -0.1) is 0 Å². The van der Waals surface area contributed by atoms with E-state index >= 15 is 0 Å². The van der Waals surface area contributed by atoms with Crippen LogP contribution in [0.1, 0.15) is 103 Å². The highest BCUT2D eigenvalue weighted by Crippen LogP contribution is 2.16. The maximum Gasteiger partial charge on any atom is 0.306 e. The molecule has 1 N–H and O–H groups in total. The van der Waals surface area contributed by atoms with Crippen molar-refractivity contribution in [3.05, 3.63) is 12.2 Å².